The molecule has 0 aromatic heterocycles. The van der Waals surface area contributed by atoms with Crippen LogP contribution in [0.1, 0.15) is 64.2 Å². The lowest BCUT2D eigenvalue weighted by molar-refractivity contribution is -0.126. The number of carbonyl (C=O) groups excluding carboxylic acids is 2. The van der Waals surface area contributed by atoms with Gasteiger partial charge in [-0.25, -0.2) is 8.42 Å². The first-order valence-corrected chi connectivity index (χ1v) is 14.6. The smallest absolute Gasteiger partial charge is 0.233 e. The molecule has 0 saturated heterocycles. The average molecular weight is 538 g/mol. The first-order valence-electron chi connectivity index (χ1n) is 13.0. The fourth-order valence-electron chi connectivity index (χ4n) is 4.36. The number of hydrogen-bond acceptors (Lipinski definition) is 6. The first kappa shape index (κ1) is 29.5. The normalized spacial score (nSPS) is 14.6. The molecule has 204 valence electrons. The third-order valence-corrected chi connectivity index (χ3v) is 8.77. The minimum Gasteiger partial charge on any atom is -0.325 e. The number of sulfone groups is 1. The maximum absolute atomic E-state index is 13.6. The zero-order chi connectivity index (χ0) is 28.3. The van der Waals surface area contributed by atoms with E-state index in [4.69, 9.17) is 11.5 Å². The summed E-state index contributed by atoms with van der Waals surface area (Å²) in [5, 5.41) is 0.754. The zero-order valence-electron chi connectivity index (χ0n) is 22.8. The van der Waals surface area contributed by atoms with Crippen LogP contribution in [-0.4, -0.2) is 37.6 Å². The third-order valence-electron chi connectivity index (χ3n) is 6.78. The molecule has 0 radical (unpaired) electrons. The van der Waals surface area contributed by atoms with Gasteiger partial charge in [-0.05, 0) is 48.4 Å². The van der Waals surface area contributed by atoms with Gasteiger partial charge in [-0.15, -0.1) is 0 Å². The highest BCUT2D eigenvalue weighted by Gasteiger charge is 2.35. The number of nitrogens with zero attached hydrogens (tertiary/aromatic N) is 1. The Labute approximate surface area is 226 Å². The predicted molar refractivity (Wildman–Crippen MR) is 154 cm³/mol. The van der Waals surface area contributed by atoms with Crippen molar-refractivity contribution in [2.45, 2.75) is 76.2 Å². The van der Waals surface area contributed by atoms with Gasteiger partial charge >= 0.3 is 0 Å². The van der Waals surface area contributed by atoms with Crippen molar-refractivity contribution >= 4 is 38.0 Å². The molecule has 0 aliphatic heterocycles. The molecule has 0 aliphatic rings. The Balaban J connectivity index is 1.92. The zero-order valence-corrected chi connectivity index (χ0v) is 23.7. The van der Waals surface area contributed by atoms with Crippen LogP contribution in [0.3, 0.4) is 0 Å². The number of carbonyl (C=O) groups is 2. The molecular formula is C30H39N3O4S. The summed E-state index contributed by atoms with van der Waals surface area (Å²) in [6, 6.07) is 17.7. The highest BCUT2D eigenvalue weighted by molar-refractivity contribution is 7.92. The molecule has 38 heavy (non-hydrogen) atoms. The summed E-state index contributed by atoms with van der Waals surface area (Å²) in [6.45, 7) is 9.13. The molecule has 0 spiro atoms. The van der Waals surface area contributed by atoms with E-state index in [2.05, 4.69) is 0 Å². The van der Waals surface area contributed by atoms with Crippen LogP contribution in [0.25, 0.3) is 10.8 Å². The number of ketones is 1. The summed E-state index contributed by atoms with van der Waals surface area (Å²) in [7, 11) is -3.87. The minimum atomic E-state index is -3.87. The lowest BCUT2D eigenvalue weighted by Crippen LogP contribution is -2.48. The molecule has 0 aliphatic carbocycles. The maximum Gasteiger partial charge on any atom is 0.233 e. The molecule has 1 amide bonds. The molecule has 3 aromatic rings. The molecule has 0 heterocycles. The summed E-state index contributed by atoms with van der Waals surface area (Å²) >= 11 is 0. The Morgan fingerprint density at radius 2 is 1.53 bits per heavy atom. The van der Waals surface area contributed by atoms with Crippen molar-refractivity contribution in [1.82, 2.24) is 0 Å². The fourth-order valence-corrected chi connectivity index (χ4v) is 5.79. The van der Waals surface area contributed by atoms with Crippen LogP contribution in [0.5, 0.6) is 0 Å². The lowest BCUT2D eigenvalue weighted by Gasteiger charge is -2.34. The number of Topliss-reactive ketones (excluding diaryl/α,β-unsaturated/α-hetero) is 1. The topological polar surface area (TPSA) is 124 Å². The summed E-state index contributed by atoms with van der Waals surface area (Å²) in [5.74, 6) is -0.497. The van der Waals surface area contributed by atoms with Crippen molar-refractivity contribution in [2.24, 2.45) is 16.9 Å². The number of benzene rings is 3. The average Bonchev–Trinajstić information content (AvgIpc) is 2.90. The van der Waals surface area contributed by atoms with Gasteiger partial charge in [0.2, 0.25) is 5.91 Å². The van der Waals surface area contributed by atoms with Crippen LogP contribution in [0, 0.1) is 5.41 Å². The first-order chi connectivity index (χ1) is 17.8. The second-order valence-electron chi connectivity index (χ2n) is 10.8. The van der Waals surface area contributed by atoms with E-state index < -0.39 is 32.7 Å². The summed E-state index contributed by atoms with van der Waals surface area (Å²) in [6.07, 6.45) is 2.19. The molecule has 0 bridgehead atoms. The number of anilines is 1. The van der Waals surface area contributed by atoms with Crippen LogP contribution >= 0.6 is 0 Å². The Morgan fingerprint density at radius 1 is 0.921 bits per heavy atom. The standard InChI is InChI=1S/C30H39N3O4S/c1-6-7-12-26(31)28(32)38(36,37)25-17-14-22(15-18-25)27(34)20(2)33(29(35)30(3,4)5)24-16-13-21-10-8-9-11-23(21)19-24/h8-11,13-20,26,28H,6-7,12,31-32H2,1-5H3. The monoisotopic (exact) mass is 537 g/mol. The van der Waals surface area contributed by atoms with E-state index in [1.807, 2.05) is 70.2 Å². The van der Waals surface area contributed by atoms with Gasteiger partial charge in [0.15, 0.2) is 15.6 Å². The van der Waals surface area contributed by atoms with Gasteiger partial charge in [0, 0.05) is 22.7 Å². The van der Waals surface area contributed by atoms with E-state index in [-0.39, 0.29) is 16.6 Å². The molecule has 3 rings (SSSR count). The Kier molecular flexibility index (Phi) is 9.13. The molecule has 0 saturated carbocycles. The van der Waals surface area contributed by atoms with Crippen molar-refractivity contribution in [3.05, 3.63) is 72.3 Å². The molecule has 8 heteroatoms. The maximum atomic E-state index is 13.6. The van der Waals surface area contributed by atoms with E-state index >= 15 is 0 Å². The minimum absolute atomic E-state index is 0.0123. The predicted octanol–water partition coefficient (Wildman–Crippen LogP) is 5.07. The van der Waals surface area contributed by atoms with Gasteiger partial charge in [0.05, 0.1) is 10.9 Å². The van der Waals surface area contributed by atoms with Crippen LogP contribution < -0.4 is 16.4 Å². The Hall–Kier alpha value is -3.07. The molecule has 3 aromatic carbocycles. The van der Waals surface area contributed by atoms with Gasteiger partial charge in [-0.1, -0.05) is 83.0 Å². The van der Waals surface area contributed by atoms with E-state index in [0.717, 1.165) is 23.6 Å². The Morgan fingerprint density at radius 3 is 2.11 bits per heavy atom. The van der Waals surface area contributed by atoms with Crippen molar-refractivity contribution in [1.29, 1.82) is 0 Å². The summed E-state index contributed by atoms with van der Waals surface area (Å²) in [5.41, 5.74) is 12.2. The van der Waals surface area contributed by atoms with Crippen molar-refractivity contribution in [3.63, 3.8) is 0 Å². The second-order valence-corrected chi connectivity index (χ2v) is 12.9. The van der Waals surface area contributed by atoms with Crippen molar-refractivity contribution < 1.29 is 18.0 Å². The van der Waals surface area contributed by atoms with Crippen LogP contribution in [0.2, 0.25) is 0 Å². The lowest BCUT2D eigenvalue weighted by atomic mass is 9.92. The molecule has 3 unspecified atom stereocenters. The summed E-state index contributed by atoms with van der Waals surface area (Å²) in [4.78, 5) is 28.7. The number of amides is 1. The van der Waals surface area contributed by atoms with E-state index in [1.54, 1.807) is 6.92 Å². The molecule has 0 fully saturated rings. The van der Waals surface area contributed by atoms with Gasteiger partial charge in [0.25, 0.3) is 0 Å². The molecule has 7 nitrogen and oxygen atoms in total. The highest BCUT2D eigenvalue weighted by Crippen LogP contribution is 2.30. The number of nitrogens with two attached hydrogens (primary N) is 2. The molecule has 4 N–H and O–H groups in total. The van der Waals surface area contributed by atoms with Gasteiger partial charge in [-0.2, -0.15) is 0 Å². The van der Waals surface area contributed by atoms with Gasteiger partial charge in [0.1, 0.15) is 5.37 Å². The van der Waals surface area contributed by atoms with Gasteiger partial charge in [-0.3, -0.25) is 9.59 Å². The second kappa shape index (κ2) is 11.8. The number of rotatable bonds is 10. The van der Waals surface area contributed by atoms with E-state index in [1.165, 1.54) is 29.2 Å². The number of hydrogen-bond donors (Lipinski definition) is 2. The third kappa shape index (κ3) is 6.31. The van der Waals surface area contributed by atoms with Crippen LogP contribution in [0.15, 0.2) is 71.6 Å². The van der Waals surface area contributed by atoms with Crippen molar-refractivity contribution in [3.8, 4) is 0 Å². The SMILES string of the molecule is CCCCC(N)C(N)S(=O)(=O)c1ccc(C(=O)C(C)N(C(=O)C(C)(C)C)c2ccc3ccccc3c2)cc1. The summed E-state index contributed by atoms with van der Waals surface area (Å²) < 4.78 is 26.0. The Bertz CT molecular complexity index is 1400. The van der Waals surface area contributed by atoms with Crippen LogP contribution in [0.4, 0.5) is 5.69 Å². The number of fused-ring (bicyclic) bond motifs is 1. The fraction of sp³-hybridized carbons (Fsp3) is 0.400. The molecule has 3 atom stereocenters. The number of unbranched alkanes of at least 4 members (excludes halogenated alkanes) is 1. The van der Waals surface area contributed by atoms with Crippen molar-refractivity contribution in [2.75, 3.05) is 4.90 Å². The van der Waals surface area contributed by atoms with E-state index in [9.17, 15) is 18.0 Å². The molecular weight excluding hydrogens is 498 g/mol. The van der Waals surface area contributed by atoms with Gasteiger partial charge < -0.3 is 16.4 Å². The highest BCUT2D eigenvalue weighted by atomic mass is 32.2. The quantitative estimate of drug-likeness (QED) is 0.348. The largest absolute Gasteiger partial charge is 0.325 e. The van der Waals surface area contributed by atoms with E-state index in [0.29, 0.717) is 17.7 Å². The van der Waals surface area contributed by atoms with Crippen LogP contribution in [-0.2, 0) is 14.6 Å².